The molecule has 252 valence electrons. The molecule has 0 atom stereocenters. The van der Waals surface area contributed by atoms with E-state index in [0.717, 1.165) is 83.4 Å². The van der Waals surface area contributed by atoms with Gasteiger partial charge in [-0.05, 0) is 72.7 Å². The number of nitrogens with zero attached hydrogens (tertiary/aromatic N) is 4. The van der Waals surface area contributed by atoms with Gasteiger partial charge >= 0.3 is 5.97 Å². The highest BCUT2D eigenvalue weighted by Crippen LogP contribution is 2.43. The highest BCUT2D eigenvalue weighted by molar-refractivity contribution is 7.98. The number of allylic oxidation sites excluding steroid dienone is 2. The fraction of sp³-hybridized carbons (Fsp3) is 0.333. The maximum absolute atomic E-state index is 13.4. The summed E-state index contributed by atoms with van der Waals surface area (Å²) in [6.45, 7) is 2.43. The number of aromatic nitrogens is 3. The van der Waals surface area contributed by atoms with Crippen molar-refractivity contribution in [1.82, 2.24) is 19.4 Å². The second-order valence-corrected chi connectivity index (χ2v) is 14.9. The van der Waals surface area contributed by atoms with Crippen LogP contribution in [0.2, 0.25) is 10.0 Å². The Morgan fingerprint density at radius 3 is 2.65 bits per heavy atom. The quantitative estimate of drug-likeness (QED) is 0.110. The molecule has 12 heteroatoms. The summed E-state index contributed by atoms with van der Waals surface area (Å²) >= 11 is 17.6. The zero-order chi connectivity index (χ0) is 34.1. The third-order valence-corrected chi connectivity index (χ3v) is 11.5. The van der Waals surface area contributed by atoms with E-state index in [1.165, 1.54) is 7.11 Å². The molecule has 0 unspecified atom stereocenters. The van der Waals surface area contributed by atoms with Gasteiger partial charge in [-0.25, -0.2) is 10.6 Å². The summed E-state index contributed by atoms with van der Waals surface area (Å²) in [6, 6.07) is 16.6. The number of methoxy groups -OCH3 is 1. The minimum absolute atomic E-state index is 0.434. The van der Waals surface area contributed by atoms with Crippen LogP contribution in [0, 0.1) is 0 Å². The number of aryl methyl sites for hydroxylation is 3. The molecule has 1 aliphatic rings. The summed E-state index contributed by atoms with van der Waals surface area (Å²) in [6.07, 6.45) is 1.88. The van der Waals surface area contributed by atoms with Crippen molar-refractivity contribution in [2.24, 2.45) is 19.9 Å². The Morgan fingerprint density at radius 2 is 1.88 bits per heavy atom. The second kappa shape index (κ2) is 14.7. The van der Waals surface area contributed by atoms with E-state index in [2.05, 4.69) is 30.3 Å². The number of fused-ring (bicyclic) bond motifs is 6. The molecular weight excluding hydrogens is 685 g/mol. The molecule has 8 nitrogen and oxygen atoms in total. The second-order valence-electron chi connectivity index (χ2n) is 11.9. The van der Waals surface area contributed by atoms with E-state index < -0.39 is 5.97 Å². The molecule has 3 aromatic carbocycles. The number of halogens is 2. The molecule has 1 aliphatic heterocycles. The van der Waals surface area contributed by atoms with Gasteiger partial charge in [0, 0.05) is 65.3 Å². The van der Waals surface area contributed by atoms with E-state index in [1.807, 2.05) is 61.2 Å². The van der Waals surface area contributed by atoms with Gasteiger partial charge in [0.1, 0.15) is 11.4 Å². The van der Waals surface area contributed by atoms with Gasteiger partial charge in [0.2, 0.25) is 0 Å². The molecule has 5 aromatic rings. The molecule has 0 spiro atoms. The number of carbonyl (C=O) groups excluding carboxylic acids is 1. The van der Waals surface area contributed by atoms with Gasteiger partial charge in [0.15, 0.2) is 0 Å². The number of carbonyl (C=O) groups is 1. The van der Waals surface area contributed by atoms with Crippen molar-refractivity contribution < 1.29 is 14.3 Å². The van der Waals surface area contributed by atoms with Crippen LogP contribution in [-0.2, 0) is 36.8 Å². The predicted octanol–water partition coefficient (Wildman–Crippen LogP) is 8.64. The number of ether oxygens (including phenoxy) is 2. The van der Waals surface area contributed by atoms with Crippen LogP contribution in [0.3, 0.4) is 0 Å². The normalized spacial score (nSPS) is 15.7. The maximum atomic E-state index is 13.4. The van der Waals surface area contributed by atoms with Crippen LogP contribution in [-0.4, -0.2) is 51.8 Å². The standard InChI is InChI=1S/C36H39Cl2N5O3S2/c1-21(42(3)39)26-12-14-47-19-23-16-24(43(4)40-23)20-48-25-15-22-9-6-7-10-27(22)31(17-25)46-13-8-11-28-33-30(38)18-29(37)32(26)35(33)41(2)34(28)36(44)45-5/h6-7,9-10,15-18H,8,11-14,19-20,39H2,1-5H3/b26-21+. The van der Waals surface area contributed by atoms with E-state index in [0.29, 0.717) is 41.6 Å². The Hall–Kier alpha value is -3.28. The van der Waals surface area contributed by atoms with Crippen LogP contribution in [0.25, 0.3) is 27.2 Å². The van der Waals surface area contributed by atoms with Gasteiger partial charge < -0.3 is 19.0 Å². The van der Waals surface area contributed by atoms with Crippen LogP contribution in [0.15, 0.2) is 59.1 Å². The first-order chi connectivity index (χ1) is 23.1. The van der Waals surface area contributed by atoms with Crippen molar-refractivity contribution in [3.8, 4) is 5.75 Å². The minimum atomic E-state index is -0.434. The lowest BCUT2D eigenvalue weighted by molar-refractivity contribution is 0.0589. The van der Waals surface area contributed by atoms with Crippen molar-refractivity contribution in [1.29, 1.82) is 0 Å². The zero-order valence-electron chi connectivity index (χ0n) is 27.7. The SMILES string of the molecule is COC(=O)c1c2c3c(Cl)cc(Cl)c(c3n1C)/C(=C(\C)N(C)N)CCSCc1cc(n(C)n1)CSc1cc(c3ccccc3c1)OCCC2. The van der Waals surface area contributed by atoms with Gasteiger partial charge in [-0.3, -0.25) is 4.68 Å². The molecule has 0 saturated carbocycles. The highest BCUT2D eigenvalue weighted by atomic mass is 35.5. The third kappa shape index (κ3) is 6.78. The van der Waals surface area contributed by atoms with Crippen molar-refractivity contribution in [3.63, 3.8) is 0 Å². The van der Waals surface area contributed by atoms with Crippen LogP contribution < -0.4 is 10.6 Å². The molecule has 2 N–H and O–H groups in total. The number of hydrogen-bond acceptors (Lipinski definition) is 8. The Bertz CT molecular complexity index is 2050. The fourth-order valence-electron chi connectivity index (χ4n) is 6.42. The van der Waals surface area contributed by atoms with Crippen molar-refractivity contribution in [2.45, 2.75) is 42.6 Å². The number of benzene rings is 3. The first-order valence-electron chi connectivity index (χ1n) is 15.7. The van der Waals surface area contributed by atoms with Gasteiger partial charge in [-0.15, -0.1) is 11.8 Å². The van der Waals surface area contributed by atoms with Gasteiger partial charge in [0.05, 0.1) is 35.0 Å². The largest absolute Gasteiger partial charge is 0.493 e. The molecule has 0 saturated heterocycles. The van der Waals surface area contributed by atoms with Gasteiger partial charge in [-0.2, -0.15) is 16.9 Å². The molecule has 0 radical (unpaired) electrons. The van der Waals surface area contributed by atoms with Crippen LogP contribution in [0.1, 0.15) is 52.8 Å². The van der Waals surface area contributed by atoms with Crippen molar-refractivity contribution in [3.05, 3.63) is 92.5 Å². The number of hydrogen-bond donors (Lipinski definition) is 1. The molecule has 0 amide bonds. The maximum Gasteiger partial charge on any atom is 0.354 e. The molecule has 48 heavy (non-hydrogen) atoms. The molecule has 8 bridgehead atoms. The van der Waals surface area contributed by atoms with Crippen molar-refractivity contribution >= 4 is 79.9 Å². The molecule has 6 rings (SSSR count). The summed E-state index contributed by atoms with van der Waals surface area (Å²) in [5.74, 6) is 9.09. The Balaban J connectivity index is 1.49. The topological polar surface area (TPSA) is 87.5 Å². The monoisotopic (exact) mass is 723 g/mol. The summed E-state index contributed by atoms with van der Waals surface area (Å²) in [5.41, 5.74) is 6.91. The van der Waals surface area contributed by atoms with Crippen LogP contribution in [0.5, 0.6) is 5.75 Å². The number of nitrogens with two attached hydrogens (primary N) is 1. The van der Waals surface area contributed by atoms with Crippen LogP contribution in [0.4, 0.5) is 0 Å². The Kier molecular flexibility index (Phi) is 10.6. The van der Waals surface area contributed by atoms with E-state index in [9.17, 15) is 4.79 Å². The number of rotatable bonds is 2. The first-order valence-corrected chi connectivity index (χ1v) is 18.6. The number of hydrazine groups is 1. The first kappa shape index (κ1) is 34.6. The summed E-state index contributed by atoms with van der Waals surface area (Å²) < 4.78 is 15.6. The van der Waals surface area contributed by atoms with Gasteiger partial charge in [-0.1, -0.05) is 47.5 Å². The molecule has 0 fully saturated rings. The Morgan fingerprint density at radius 1 is 1.08 bits per heavy atom. The lowest BCUT2D eigenvalue weighted by Gasteiger charge is -2.21. The molecule has 2 aromatic heterocycles. The summed E-state index contributed by atoms with van der Waals surface area (Å²) in [4.78, 5) is 14.5. The van der Waals surface area contributed by atoms with E-state index in [-0.39, 0.29) is 0 Å². The minimum Gasteiger partial charge on any atom is -0.493 e. The fourth-order valence-corrected chi connectivity index (χ4v) is 8.93. The number of esters is 1. The average molecular weight is 725 g/mol. The van der Waals surface area contributed by atoms with E-state index in [4.69, 9.17) is 43.6 Å². The van der Waals surface area contributed by atoms with Crippen molar-refractivity contribution in [2.75, 3.05) is 26.5 Å². The van der Waals surface area contributed by atoms with Gasteiger partial charge in [0.25, 0.3) is 0 Å². The van der Waals surface area contributed by atoms with Crippen LogP contribution >= 0.6 is 46.7 Å². The predicted molar refractivity (Wildman–Crippen MR) is 200 cm³/mol. The summed E-state index contributed by atoms with van der Waals surface area (Å²) in [5, 5.41) is 10.4. The Labute approximate surface area is 299 Å². The lowest BCUT2D eigenvalue weighted by Crippen LogP contribution is -2.25. The molecular formula is C36H39Cl2N5O3S2. The lowest BCUT2D eigenvalue weighted by atomic mass is 9.96. The average Bonchev–Trinajstić information content (AvgIpc) is 3.57. The van der Waals surface area contributed by atoms with E-state index in [1.54, 1.807) is 22.8 Å². The molecule has 3 heterocycles. The zero-order valence-corrected chi connectivity index (χ0v) is 30.9. The molecule has 0 aliphatic carbocycles. The smallest absolute Gasteiger partial charge is 0.354 e. The highest BCUT2D eigenvalue weighted by Gasteiger charge is 2.28. The number of thioether (sulfide) groups is 2. The van der Waals surface area contributed by atoms with E-state index >= 15 is 0 Å². The third-order valence-electron chi connectivity index (χ3n) is 8.90. The summed E-state index contributed by atoms with van der Waals surface area (Å²) in [7, 11) is 7.08.